The summed E-state index contributed by atoms with van der Waals surface area (Å²) in [5.41, 5.74) is 0. The number of hydrogen-bond donors (Lipinski definition) is 1. The van der Waals surface area contributed by atoms with E-state index in [1.54, 1.807) is 6.08 Å². The van der Waals surface area contributed by atoms with Gasteiger partial charge in [0.1, 0.15) is 0 Å². The van der Waals surface area contributed by atoms with Crippen LogP contribution in [0.25, 0.3) is 0 Å². The third-order valence-electron chi connectivity index (χ3n) is 1.89. The van der Waals surface area contributed by atoms with E-state index in [0.717, 1.165) is 19.4 Å². The highest BCUT2D eigenvalue weighted by atomic mass is 16.1. The van der Waals surface area contributed by atoms with Crippen molar-refractivity contribution in [1.29, 1.82) is 0 Å². The van der Waals surface area contributed by atoms with Crippen LogP contribution in [0.1, 0.15) is 33.6 Å². The van der Waals surface area contributed by atoms with Gasteiger partial charge in [-0.25, -0.2) is 0 Å². The van der Waals surface area contributed by atoms with Crippen LogP contribution in [-0.2, 0) is 4.79 Å². The van der Waals surface area contributed by atoms with Crippen molar-refractivity contribution in [2.75, 3.05) is 6.54 Å². The maximum Gasteiger partial charge on any atom is 0.243 e. The minimum Gasteiger partial charge on any atom is -0.352 e. The van der Waals surface area contributed by atoms with E-state index < -0.39 is 0 Å². The Labute approximate surface area is 99.1 Å². The molecule has 0 bridgehead atoms. The van der Waals surface area contributed by atoms with Gasteiger partial charge in [0.05, 0.1) is 0 Å². The van der Waals surface area contributed by atoms with Gasteiger partial charge >= 0.3 is 0 Å². The molecule has 1 amide bonds. The van der Waals surface area contributed by atoms with Crippen molar-refractivity contribution < 1.29 is 4.79 Å². The fourth-order valence-electron chi connectivity index (χ4n) is 1.03. The largest absolute Gasteiger partial charge is 0.352 e. The normalized spacial score (nSPS) is 12.2. The van der Waals surface area contributed by atoms with Crippen molar-refractivity contribution in [1.82, 2.24) is 5.32 Å². The quantitative estimate of drug-likeness (QED) is 0.399. The summed E-state index contributed by atoms with van der Waals surface area (Å²) in [6.45, 7) is 6.89. The molecule has 0 aromatic heterocycles. The van der Waals surface area contributed by atoms with Gasteiger partial charge in [-0.2, -0.15) is 0 Å². The van der Waals surface area contributed by atoms with E-state index in [4.69, 9.17) is 0 Å². The molecule has 90 valence electrons. The van der Waals surface area contributed by atoms with Crippen molar-refractivity contribution in [2.45, 2.75) is 33.6 Å². The summed E-state index contributed by atoms with van der Waals surface area (Å²) in [7, 11) is 0. The molecule has 1 N–H and O–H groups in total. The third-order valence-corrected chi connectivity index (χ3v) is 1.89. The molecule has 0 aromatic rings. The van der Waals surface area contributed by atoms with E-state index in [0.29, 0.717) is 5.92 Å². The van der Waals surface area contributed by atoms with Crippen LogP contribution in [0, 0.1) is 5.92 Å². The number of unbranched alkanes of at least 4 members (excludes halogenated alkanes) is 1. The van der Waals surface area contributed by atoms with Crippen molar-refractivity contribution in [3.05, 3.63) is 36.5 Å². The lowest BCUT2D eigenvalue weighted by atomic mass is 10.2. The Hall–Kier alpha value is -1.31. The first-order valence-electron chi connectivity index (χ1n) is 5.89. The van der Waals surface area contributed by atoms with Gasteiger partial charge in [0, 0.05) is 6.54 Å². The summed E-state index contributed by atoms with van der Waals surface area (Å²) < 4.78 is 0. The molecule has 0 radical (unpaired) electrons. The van der Waals surface area contributed by atoms with E-state index in [1.165, 1.54) is 0 Å². The number of hydrogen-bond acceptors (Lipinski definition) is 1. The molecule has 0 rings (SSSR count). The van der Waals surface area contributed by atoms with E-state index in [9.17, 15) is 4.79 Å². The van der Waals surface area contributed by atoms with E-state index in [2.05, 4.69) is 25.2 Å². The summed E-state index contributed by atoms with van der Waals surface area (Å²) in [4.78, 5) is 11.3. The molecule has 0 aliphatic rings. The summed E-state index contributed by atoms with van der Waals surface area (Å²) >= 11 is 0. The fourth-order valence-corrected chi connectivity index (χ4v) is 1.03. The molecule has 0 atom stereocenters. The van der Waals surface area contributed by atoms with Gasteiger partial charge in [0.2, 0.25) is 5.91 Å². The van der Waals surface area contributed by atoms with Gasteiger partial charge in [0.15, 0.2) is 0 Å². The van der Waals surface area contributed by atoms with Crippen LogP contribution in [0.4, 0.5) is 0 Å². The SMILES string of the molecule is C/C=C/C=C/CC/C=C/C(=O)NCC(C)C. The summed E-state index contributed by atoms with van der Waals surface area (Å²) in [5, 5.41) is 2.84. The van der Waals surface area contributed by atoms with Gasteiger partial charge in [0.25, 0.3) is 0 Å². The molecule has 0 aliphatic heterocycles. The Morgan fingerprint density at radius 3 is 2.50 bits per heavy atom. The monoisotopic (exact) mass is 221 g/mol. The maximum absolute atomic E-state index is 11.3. The predicted octanol–water partition coefficient (Wildman–Crippen LogP) is 3.23. The topological polar surface area (TPSA) is 29.1 Å². The first kappa shape index (κ1) is 14.7. The molecular formula is C14H23NO. The average molecular weight is 221 g/mol. The van der Waals surface area contributed by atoms with Crippen LogP contribution >= 0.6 is 0 Å². The van der Waals surface area contributed by atoms with Gasteiger partial charge in [-0.15, -0.1) is 0 Å². The predicted molar refractivity (Wildman–Crippen MR) is 70.2 cm³/mol. The molecule has 2 heteroatoms. The Morgan fingerprint density at radius 1 is 1.19 bits per heavy atom. The highest BCUT2D eigenvalue weighted by Crippen LogP contribution is 1.93. The number of rotatable bonds is 7. The Morgan fingerprint density at radius 2 is 1.88 bits per heavy atom. The van der Waals surface area contributed by atoms with Crippen LogP contribution in [0.5, 0.6) is 0 Å². The first-order valence-corrected chi connectivity index (χ1v) is 5.89. The number of nitrogens with one attached hydrogen (secondary N) is 1. The summed E-state index contributed by atoms with van der Waals surface area (Å²) in [6.07, 6.45) is 13.5. The van der Waals surface area contributed by atoms with Crippen LogP contribution in [0.3, 0.4) is 0 Å². The standard InChI is InChI=1S/C14H23NO/c1-4-5-6-7-8-9-10-11-14(16)15-12-13(2)3/h4-7,10-11,13H,8-9,12H2,1-3H3,(H,15,16)/b5-4+,7-6+,11-10+. The average Bonchev–Trinajstić information content (AvgIpc) is 2.25. The number of amides is 1. The smallest absolute Gasteiger partial charge is 0.243 e. The number of carbonyl (C=O) groups is 1. The molecule has 16 heavy (non-hydrogen) atoms. The Balaban J connectivity index is 3.56. The molecule has 2 nitrogen and oxygen atoms in total. The van der Waals surface area contributed by atoms with E-state index in [-0.39, 0.29) is 5.91 Å². The maximum atomic E-state index is 11.3. The molecule has 0 aromatic carbocycles. The second-order valence-electron chi connectivity index (χ2n) is 4.07. The number of carbonyl (C=O) groups excluding carboxylic acids is 1. The second-order valence-corrected chi connectivity index (χ2v) is 4.07. The van der Waals surface area contributed by atoms with Crippen molar-refractivity contribution >= 4 is 5.91 Å². The molecule has 0 saturated heterocycles. The summed E-state index contributed by atoms with van der Waals surface area (Å²) in [6, 6.07) is 0. The molecule has 0 aliphatic carbocycles. The van der Waals surface area contributed by atoms with Crippen molar-refractivity contribution in [3.63, 3.8) is 0 Å². The summed E-state index contributed by atoms with van der Waals surface area (Å²) in [5.74, 6) is 0.507. The molecule has 0 unspecified atom stereocenters. The van der Waals surface area contributed by atoms with Crippen LogP contribution in [-0.4, -0.2) is 12.5 Å². The van der Waals surface area contributed by atoms with Gasteiger partial charge < -0.3 is 5.32 Å². The molecule has 0 heterocycles. The van der Waals surface area contributed by atoms with Crippen LogP contribution < -0.4 is 5.32 Å². The fraction of sp³-hybridized carbons (Fsp3) is 0.500. The minimum absolute atomic E-state index is 0.00568. The first-order chi connectivity index (χ1) is 7.66. The Kier molecular flexibility index (Phi) is 9.38. The lowest BCUT2D eigenvalue weighted by Gasteiger charge is -2.03. The van der Waals surface area contributed by atoms with Crippen molar-refractivity contribution in [2.24, 2.45) is 5.92 Å². The van der Waals surface area contributed by atoms with E-state index >= 15 is 0 Å². The van der Waals surface area contributed by atoms with Crippen molar-refractivity contribution in [3.8, 4) is 0 Å². The van der Waals surface area contributed by atoms with Crippen LogP contribution in [0.2, 0.25) is 0 Å². The lowest BCUT2D eigenvalue weighted by Crippen LogP contribution is -2.25. The van der Waals surface area contributed by atoms with E-state index in [1.807, 2.05) is 31.2 Å². The second kappa shape index (κ2) is 10.2. The Bertz CT molecular complexity index is 262. The third kappa shape index (κ3) is 10.8. The van der Waals surface area contributed by atoms with Gasteiger partial charge in [-0.1, -0.05) is 44.2 Å². The molecule has 0 fully saturated rings. The zero-order valence-electron chi connectivity index (χ0n) is 10.6. The molecular weight excluding hydrogens is 198 g/mol. The minimum atomic E-state index is 0.00568. The van der Waals surface area contributed by atoms with Gasteiger partial charge in [-0.3, -0.25) is 4.79 Å². The zero-order valence-corrected chi connectivity index (χ0v) is 10.6. The molecule has 0 spiro atoms. The van der Waals surface area contributed by atoms with Gasteiger partial charge in [-0.05, 0) is 31.8 Å². The highest BCUT2D eigenvalue weighted by Gasteiger charge is 1.96. The lowest BCUT2D eigenvalue weighted by molar-refractivity contribution is -0.116. The zero-order chi connectivity index (χ0) is 12.2. The number of allylic oxidation sites excluding steroid dienone is 5. The highest BCUT2D eigenvalue weighted by molar-refractivity contribution is 5.87. The van der Waals surface area contributed by atoms with Crippen LogP contribution in [0.15, 0.2) is 36.5 Å². The molecule has 0 saturated carbocycles.